The van der Waals surface area contributed by atoms with Crippen molar-refractivity contribution in [2.24, 2.45) is 5.73 Å². The summed E-state index contributed by atoms with van der Waals surface area (Å²) in [4.78, 5) is 11.2. The van der Waals surface area contributed by atoms with E-state index in [1.165, 1.54) is 0 Å². The smallest absolute Gasteiger partial charge is 0.250 e. The van der Waals surface area contributed by atoms with Crippen molar-refractivity contribution in [1.29, 1.82) is 0 Å². The van der Waals surface area contributed by atoms with Gasteiger partial charge in [0.1, 0.15) is 0 Å². The highest BCUT2D eigenvalue weighted by Gasteiger charge is 2.17. The van der Waals surface area contributed by atoms with Crippen LogP contribution in [0.25, 0.3) is 0 Å². The predicted octanol–water partition coefficient (Wildman–Crippen LogP) is 1.21. The van der Waals surface area contributed by atoms with Crippen molar-refractivity contribution in [3.63, 3.8) is 0 Å². The summed E-state index contributed by atoms with van der Waals surface area (Å²) in [5.41, 5.74) is 6.50. The van der Waals surface area contributed by atoms with E-state index in [1.807, 2.05) is 0 Å². The van der Waals surface area contributed by atoms with Gasteiger partial charge in [0.15, 0.2) is 0 Å². The van der Waals surface area contributed by atoms with Crippen LogP contribution in [0.2, 0.25) is 5.02 Å². The summed E-state index contributed by atoms with van der Waals surface area (Å²) in [7, 11) is 0. The van der Waals surface area contributed by atoms with Crippen LogP contribution in [0.5, 0.6) is 0 Å². The molecule has 1 heterocycles. The Kier molecular flexibility index (Phi) is 3.31. The van der Waals surface area contributed by atoms with Gasteiger partial charge in [0.25, 0.3) is 5.91 Å². The molecule has 86 valence electrons. The quantitative estimate of drug-likeness (QED) is 0.743. The molecule has 1 unspecified atom stereocenters. The molecule has 1 saturated heterocycles. The van der Waals surface area contributed by atoms with Crippen LogP contribution >= 0.6 is 11.6 Å². The minimum atomic E-state index is -0.440. The second kappa shape index (κ2) is 4.72. The molecule has 0 radical (unpaired) electrons. The number of carbonyl (C=O) groups excluding carboxylic acids is 1. The highest BCUT2D eigenvalue weighted by molar-refractivity contribution is 6.31. The lowest BCUT2D eigenvalue weighted by atomic mass is 10.1. The van der Waals surface area contributed by atoms with Crippen molar-refractivity contribution in [2.75, 3.05) is 18.4 Å². The molecule has 1 amide bonds. The van der Waals surface area contributed by atoms with Crippen LogP contribution < -0.4 is 16.4 Å². The van der Waals surface area contributed by atoms with E-state index < -0.39 is 5.91 Å². The minimum Gasteiger partial charge on any atom is -0.380 e. The zero-order valence-electron chi connectivity index (χ0n) is 8.79. The molecule has 0 saturated carbocycles. The Balaban J connectivity index is 2.22. The number of nitrogens with two attached hydrogens (primary N) is 1. The zero-order valence-corrected chi connectivity index (χ0v) is 9.55. The Morgan fingerprint density at radius 2 is 2.38 bits per heavy atom. The van der Waals surface area contributed by atoms with Gasteiger partial charge in [-0.25, -0.2) is 0 Å². The fourth-order valence-electron chi connectivity index (χ4n) is 1.85. The normalized spacial score (nSPS) is 19.7. The number of nitrogens with one attached hydrogen (secondary N) is 2. The molecule has 0 spiro atoms. The lowest BCUT2D eigenvalue weighted by molar-refractivity contribution is 0.100. The lowest BCUT2D eigenvalue weighted by Gasteiger charge is -2.15. The van der Waals surface area contributed by atoms with Crippen molar-refractivity contribution in [3.8, 4) is 0 Å². The van der Waals surface area contributed by atoms with Gasteiger partial charge in [0, 0.05) is 23.3 Å². The van der Waals surface area contributed by atoms with Gasteiger partial charge in [0.05, 0.1) is 5.56 Å². The van der Waals surface area contributed by atoms with E-state index in [0.29, 0.717) is 22.3 Å². The number of rotatable bonds is 3. The van der Waals surface area contributed by atoms with Gasteiger partial charge in [-0.3, -0.25) is 4.79 Å². The van der Waals surface area contributed by atoms with Crippen LogP contribution in [0, 0.1) is 0 Å². The molecular weight excluding hydrogens is 226 g/mol. The van der Waals surface area contributed by atoms with E-state index in [4.69, 9.17) is 17.3 Å². The van der Waals surface area contributed by atoms with Crippen LogP contribution in [0.3, 0.4) is 0 Å². The van der Waals surface area contributed by atoms with E-state index in [2.05, 4.69) is 10.6 Å². The molecule has 0 aliphatic carbocycles. The number of carbonyl (C=O) groups is 1. The summed E-state index contributed by atoms with van der Waals surface area (Å²) >= 11 is 5.90. The molecule has 0 bridgehead atoms. The fourth-order valence-corrected chi connectivity index (χ4v) is 2.02. The highest BCUT2D eigenvalue weighted by atomic mass is 35.5. The first-order chi connectivity index (χ1) is 7.66. The second-order valence-electron chi connectivity index (χ2n) is 3.89. The lowest BCUT2D eigenvalue weighted by Crippen LogP contribution is -2.24. The Morgan fingerprint density at radius 1 is 1.56 bits per heavy atom. The van der Waals surface area contributed by atoms with E-state index in [1.54, 1.807) is 18.2 Å². The average molecular weight is 240 g/mol. The van der Waals surface area contributed by atoms with Crippen LogP contribution in [0.4, 0.5) is 5.69 Å². The number of anilines is 1. The molecule has 2 rings (SSSR count). The maximum Gasteiger partial charge on any atom is 0.250 e. The van der Waals surface area contributed by atoms with E-state index >= 15 is 0 Å². The summed E-state index contributed by atoms with van der Waals surface area (Å²) in [5, 5.41) is 7.12. The van der Waals surface area contributed by atoms with Crippen molar-refractivity contribution in [1.82, 2.24) is 5.32 Å². The maximum absolute atomic E-state index is 11.2. The van der Waals surface area contributed by atoms with E-state index in [0.717, 1.165) is 19.5 Å². The van der Waals surface area contributed by atoms with Crippen LogP contribution in [-0.4, -0.2) is 25.0 Å². The van der Waals surface area contributed by atoms with Crippen molar-refractivity contribution in [2.45, 2.75) is 12.5 Å². The number of primary amides is 1. The van der Waals surface area contributed by atoms with E-state index in [9.17, 15) is 4.79 Å². The third kappa shape index (κ3) is 2.46. The summed E-state index contributed by atoms with van der Waals surface area (Å²) in [6.07, 6.45) is 1.03. The number of halogens is 1. The number of benzene rings is 1. The van der Waals surface area contributed by atoms with Gasteiger partial charge >= 0.3 is 0 Å². The van der Waals surface area contributed by atoms with Gasteiger partial charge in [0.2, 0.25) is 0 Å². The number of hydrogen-bond donors (Lipinski definition) is 3. The summed E-state index contributed by atoms with van der Waals surface area (Å²) < 4.78 is 0. The molecule has 4 N–H and O–H groups in total. The Hall–Kier alpha value is -1.26. The van der Waals surface area contributed by atoms with Crippen molar-refractivity contribution < 1.29 is 4.79 Å². The van der Waals surface area contributed by atoms with Crippen LogP contribution in [-0.2, 0) is 0 Å². The highest BCUT2D eigenvalue weighted by Crippen LogP contribution is 2.22. The molecule has 5 heteroatoms. The fraction of sp³-hybridized carbons (Fsp3) is 0.364. The average Bonchev–Trinajstić information content (AvgIpc) is 2.70. The molecule has 1 aliphatic heterocycles. The topological polar surface area (TPSA) is 67.2 Å². The Morgan fingerprint density at radius 3 is 3.00 bits per heavy atom. The molecular formula is C11H14ClN3O. The largest absolute Gasteiger partial charge is 0.380 e. The van der Waals surface area contributed by atoms with Gasteiger partial charge in [-0.2, -0.15) is 0 Å². The SMILES string of the molecule is NC(=O)c1ccc(Cl)cc1NC1CCNC1. The van der Waals surface area contributed by atoms with Crippen LogP contribution in [0.15, 0.2) is 18.2 Å². The first-order valence-corrected chi connectivity index (χ1v) is 5.61. The monoisotopic (exact) mass is 239 g/mol. The minimum absolute atomic E-state index is 0.330. The summed E-state index contributed by atoms with van der Waals surface area (Å²) in [5.74, 6) is -0.440. The molecule has 4 nitrogen and oxygen atoms in total. The number of hydrogen-bond acceptors (Lipinski definition) is 3. The van der Waals surface area contributed by atoms with Crippen LogP contribution in [0.1, 0.15) is 16.8 Å². The zero-order chi connectivity index (χ0) is 11.5. The van der Waals surface area contributed by atoms with E-state index in [-0.39, 0.29) is 0 Å². The van der Waals surface area contributed by atoms with Crippen molar-refractivity contribution in [3.05, 3.63) is 28.8 Å². The molecule has 1 aliphatic rings. The number of amides is 1. The molecule has 1 aromatic rings. The summed E-state index contributed by atoms with van der Waals surface area (Å²) in [6.45, 7) is 1.88. The van der Waals surface area contributed by atoms with Gasteiger partial charge < -0.3 is 16.4 Å². The molecule has 1 atom stereocenters. The van der Waals surface area contributed by atoms with Gasteiger partial charge in [-0.05, 0) is 31.2 Å². The first kappa shape index (κ1) is 11.2. The molecule has 16 heavy (non-hydrogen) atoms. The molecule has 1 aromatic carbocycles. The Bertz CT molecular complexity index is 402. The maximum atomic E-state index is 11.2. The van der Waals surface area contributed by atoms with Crippen molar-refractivity contribution >= 4 is 23.2 Å². The third-order valence-electron chi connectivity index (χ3n) is 2.67. The summed E-state index contributed by atoms with van der Waals surface area (Å²) in [6, 6.07) is 5.38. The first-order valence-electron chi connectivity index (χ1n) is 5.23. The standard InChI is InChI=1S/C11H14ClN3O/c12-7-1-2-9(11(13)16)10(5-7)15-8-3-4-14-6-8/h1-2,5,8,14-15H,3-4,6H2,(H2,13,16). The predicted molar refractivity (Wildman–Crippen MR) is 64.9 cm³/mol. The van der Waals surface area contributed by atoms with Gasteiger partial charge in [-0.1, -0.05) is 11.6 Å². The molecule has 0 aromatic heterocycles. The molecule has 1 fully saturated rings. The second-order valence-corrected chi connectivity index (χ2v) is 4.32. The Labute approximate surface area is 99.2 Å². The third-order valence-corrected chi connectivity index (χ3v) is 2.90. The van der Waals surface area contributed by atoms with Gasteiger partial charge in [-0.15, -0.1) is 0 Å².